The van der Waals surface area contributed by atoms with Gasteiger partial charge in [-0.15, -0.1) is 0 Å². The number of ether oxygens (including phenoxy) is 1. The zero-order valence-electron chi connectivity index (χ0n) is 15.3. The van der Waals surface area contributed by atoms with Gasteiger partial charge in [0.2, 0.25) is 11.8 Å². The first-order valence-electron chi connectivity index (χ1n) is 8.75. The molecule has 148 valence electrons. The average Bonchev–Trinajstić information content (AvgIpc) is 3.14. The van der Waals surface area contributed by atoms with Crippen molar-refractivity contribution >= 4 is 46.5 Å². The van der Waals surface area contributed by atoms with Crippen molar-refractivity contribution in [3.8, 4) is 16.9 Å². The van der Waals surface area contributed by atoms with Gasteiger partial charge in [-0.05, 0) is 18.2 Å². The molecule has 0 fully saturated rings. The van der Waals surface area contributed by atoms with Crippen LogP contribution in [-0.4, -0.2) is 28.7 Å². The summed E-state index contributed by atoms with van der Waals surface area (Å²) in [4.78, 5) is 25.3. The van der Waals surface area contributed by atoms with Crippen LogP contribution < -0.4 is 15.4 Å². The summed E-state index contributed by atoms with van der Waals surface area (Å²) in [5.41, 5.74) is 1.79. The number of amides is 2. The molecule has 1 aliphatic heterocycles. The molecule has 0 saturated heterocycles. The molecule has 9 heteroatoms. The minimum Gasteiger partial charge on any atom is -0.496 e. The maximum absolute atomic E-state index is 12.9. The van der Waals surface area contributed by atoms with E-state index in [0.717, 1.165) is 5.56 Å². The first-order valence-corrected chi connectivity index (χ1v) is 9.51. The number of nitrogens with one attached hydrogen (secondary N) is 2. The van der Waals surface area contributed by atoms with E-state index in [4.69, 9.17) is 27.9 Å². The highest BCUT2D eigenvalue weighted by molar-refractivity contribution is 6.44. The highest BCUT2D eigenvalue weighted by Crippen LogP contribution is 2.39. The number of methoxy groups -OCH3 is 1. The number of benzene rings is 2. The molecule has 2 N–H and O–H groups in total. The van der Waals surface area contributed by atoms with Crippen LogP contribution in [0.3, 0.4) is 0 Å². The number of hydrogen-bond acceptors (Lipinski definition) is 4. The summed E-state index contributed by atoms with van der Waals surface area (Å²) in [6.45, 7) is 0. The number of nitrogens with zero attached hydrogens (tertiary/aromatic N) is 2. The van der Waals surface area contributed by atoms with Crippen LogP contribution in [-0.2, 0) is 9.59 Å². The number of carbonyl (C=O) groups excluding carboxylic acids is 2. The van der Waals surface area contributed by atoms with E-state index in [-0.39, 0.29) is 17.4 Å². The van der Waals surface area contributed by atoms with E-state index in [1.54, 1.807) is 31.5 Å². The molecule has 2 heterocycles. The molecule has 0 aliphatic carbocycles. The predicted molar refractivity (Wildman–Crippen MR) is 112 cm³/mol. The molecule has 29 heavy (non-hydrogen) atoms. The quantitative estimate of drug-likeness (QED) is 0.642. The van der Waals surface area contributed by atoms with Crippen molar-refractivity contribution in [2.24, 2.45) is 0 Å². The standard InChI is InChI=1S/C20H16Cl2N4O3/c1-29-16-8-3-2-5-11(16)12-10-23-26-15(9-17(27)25-19(12)26)20(28)24-14-7-4-6-13(21)18(14)22/h2-8,10,15H,9H2,1H3,(H,24,28)(H,25,27)/t15-/m1/s1. The predicted octanol–water partition coefficient (Wildman–Crippen LogP) is 4.39. The number of para-hydroxylation sites is 1. The van der Waals surface area contributed by atoms with Crippen LogP contribution in [0.5, 0.6) is 5.75 Å². The van der Waals surface area contributed by atoms with Gasteiger partial charge < -0.3 is 15.4 Å². The van der Waals surface area contributed by atoms with Gasteiger partial charge in [-0.1, -0.05) is 47.5 Å². The lowest BCUT2D eigenvalue weighted by Crippen LogP contribution is -2.35. The number of hydrogen-bond donors (Lipinski definition) is 2. The van der Waals surface area contributed by atoms with Gasteiger partial charge in [0.15, 0.2) is 0 Å². The lowest BCUT2D eigenvalue weighted by atomic mass is 10.1. The molecular weight excluding hydrogens is 415 g/mol. The normalized spacial score (nSPS) is 15.4. The van der Waals surface area contributed by atoms with Gasteiger partial charge >= 0.3 is 0 Å². The minimum atomic E-state index is -0.836. The molecule has 1 aliphatic rings. The van der Waals surface area contributed by atoms with Crippen LogP contribution in [0, 0.1) is 0 Å². The number of rotatable bonds is 4. The summed E-state index contributed by atoms with van der Waals surface area (Å²) in [6, 6.07) is 11.5. The van der Waals surface area contributed by atoms with Gasteiger partial charge in [-0.3, -0.25) is 9.59 Å². The fourth-order valence-corrected chi connectivity index (χ4v) is 3.60. The Morgan fingerprint density at radius 3 is 2.79 bits per heavy atom. The Bertz CT molecular complexity index is 1110. The van der Waals surface area contributed by atoms with Gasteiger partial charge in [-0.25, -0.2) is 4.68 Å². The summed E-state index contributed by atoms with van der Waals surface area (Å²) in [6.07, 6.45) is 1.55. The van der Waals surface area contributed by atoms with Crippen molar-refractivity contribution in [1.82, 2.24) is 9.78 Å². The molecule has 0 spiro atoms. The third kappa shape index (κ3) is 3.54. The number of carbonyl (C=O) groups is 2. The van der Waals surface area contributed by atoms with Crippen LogP contribution in [0.15, 0.2) is 48.7 Å². The van der Waals surface area contributed by atoms with Gasteiger partial charge in [0.05, 0.1) is 35.5 Å². The molecule has 2 aromatic carbocycles. The average molecular weight is 431 g/mol. The van der Waals surface area contributed by atoms with E-state index in [9.17, 15) is 9.59 Å². The van der Waals surface area contributed by atoms with Crippen molar-refractivity contribution in [1.29, 1.82) is 0 Å². The number of anilines is 2. The topological polar surface area (TPSA) is 85.2 Å². The Balaban J connectivity index is 1.70. The van der Waals surface area contributed by atoms with E-state index in [1.807, 2.05) is 24.3 Å². The third-order valence-electron chi connectivity index (χ3n) is 4.64. The summed E-state index contributed by atoms with van der Waals surface area (Å²) in [7, 11) is 1.57. The molecule has 2 amide bonds. The molecule has 4 rings (SSSR count). The summed E-state index contributed by atoms with van der Waals surface area (Å²) in [5, 5.41) is 10.5. The lowest BCUT2D eigenvalue weighted by molar-refractivity contribution is -0.125. The van der Waals surface area contributed by atoms with Crippen molar-refractivity contribution in [2.45, 2.75) is 12.5 Å². The smallest absolute Gasteiger partial charge is 0.249 e. The third-order valence-corrected chi connectivity index (χ3v) is 5.46. The molecule has 3 aromatic rings. The van der Waals surface area contributed by atoms with Crippen LogP contribution in [0.1, 0.15) is 12.5 Å². The first-order chi connectivity index (χ1) is 14.0. The van der Waals surface area contributed by atoms with Gasteiger partial charge in [-0.2, -0.15) is 5.10 Å². The highest BCUT2D eigenvalue weighted by Gasteiger charge is 2.34. The molecular formula is C20H16Cl2N4O3. The molecule has 1 aromatic heterocycles. The molecule has 0 unspecified atom stereocenters. The maximum atomic E-state index is 12.9. The molecule has 1 atom stereocenters. The summed E-state index contributed by atoms with van der Waals surface area (Å²) in [5.74, 6) is 0.365. The van der Waals surface area contributed by atoms with Gasteiger partial charge in [0.1, 0.15) is 17.6 Å². The van der Waals surface area contributed by atoms with Crippen LogP contribution in [0.2, 0.25) is 10.0 Å². The van der Waals surface area contributed by atoms with Crippen LogP contribution in [0.4, 0.5) is 11.5 Å². The van der Waals surface area contributed by atoms with E-state index in [0.29, 0.717) is 27.8 Å². The Morgan fingerprint density at radius 1 is 1.21 bits per heavy atom. The second-order valence-electron chi connectivity index (χ2n) is 6.41. The Kier molecular flexibility index (Phi) is 5.17. The van der Waals surface area contributed by atoms with Crippen molar-refractivity contribution in [3.63, 3.8) is 0 Å². The molecule has 0 bridgehead atoms. The Morgan fingerprint density at radius 2 is 2.00 bits per heavy atom. The van der Waals surface area contributed by atoms with Crippen molar-refractivity contribution < 1.29 is 14.3 Å². The van der Waals surface area contributed by atoms with E-state index in [1.165, 1.54) is 4.68 Å². The lowest BCUT2D eigenvalue weighted by Gasteiger charge is -2.25. The highest BCUT2D eigenvalue weighted by atomic mass is 35.5. The van der Waals surface area contributed by atoms with Crippen molar-refractivity contribution in [3.05, 3.63) is 58.7 Å². The van der Waals surface area contributed by atoms with Gasteiger partial charge in [0.25, 0.3) is 0 Å². The zero-order chi connectivity index (χ0) is 20.5. The SMILES string of the molecule is COc1ccccc1-c1cnn2c1NC(=O)C[C@@H]2C(=O)Nc1cccc(Cl)c1Cl. The summed E-state index contributed by atoms with van der Waals surface area (Å²) >= 11 is 12.2. The zero-order valence-corrected chi connectivity index (χ0v) is 16.8. The van der Waals surface area contributed by atoms with Gasteiger partial charge in [0, 0.05) is 11.1 Å². The molecule has 0 radical (unpaired) electrons. The van der Waals surface area contributed by atoms with E-state index >= 15 is 0 Å². The second-order valence-corrected chi connectivity index (χ2v) is 7.20. The number of fused-ring (bicyclic) bond motifs is 1. The summed E-state index contributed by atoms with van der Waals surface area (Å²) < 4.78 is 6.91. The van der Waals surface area contributed by atoms with Crippen LogP contribution in [0.25, 0.3) is 11.1 Å². The Hall–Kier alpha value is -3.03. The Labute approximate surface area is 176 Å². The fourth-order valence-electron chi connectivity index (χ4n) is 3.25. The van der Waals surface area contributed by atoms with Crippen molar-refractivity contribution in [2.75, 3.05) is 17.7 Å². The molecule has 0 saturated carbocycles. The number of halogens is 2. The monoisotopic (exact) mass is 430 g/mol. The minimum absolute atomic E-state index is 0.0515. The first kappa shape index (κ1) is 19.3. The van der Waals surface area contributed by atoms with E-state index < -0.39 is 11.9 Å². The largest absolute Gasteiger partial charge is 0.496 e. The second kappa shape index (κ2) is 7.77. The van der Waals surface area contributed by atoms with E-state index in [2.05, 4.69) is 15.7 Å². The molecule has 7 nitrogen and oxygen atoms in total. The fraction of sp³-hybridized carbons (Fsp3) is 0.150. The van der Waals surface area contributed by atoms with Crippen LogP contribution >= 0.6 is 23.2 Å². The maximum Gasteiger partial charge on any atom is 0.249 e. The number of aromatic nitrogens is 2.